The summed E-state index contributed by atoms with van der Waals surface area (Å²) in [6.07, 6.45) is 86.5. The monoisotopic (exact) mass is 1110 g/mol. The Morgan fingerprint density at radius 1 is 0.354 bits per heavy atom. The number of carbonyl (C=O) groups is 2. The van der Waals surface area contributed by atoms with Gasteiger partial charge in [0.1, 0.15) is 0 Å². The number of nitrogens with one attached hydrogen (secondary N) is 1. The van der Waals surface area contributed by atoms with E-state index in [4.69, 9.17) is 4.74 Å². The molecule has 0 fully saturated rings. The van der Waals surface area contributed by atoms with Crippen LogP contribution < -0.4 is 5.32 Å². The summed E-state index contributed by atoms with van der Waals surface area (Å²) in [5.41, 5.74) is 0. The maximum absolute atomic E-state index is 12.5. The van der Waals surface area contributed by atoms with Crippen LogP contribution in [0.25, 0.3) is 0 Å². The first kappa shape index (κ1) is 77.3. The summed E-state index contributed by atoms with van der Waals surface area (Å²) >= 11 is 0. The van der Waals surface area contributed by atoms with Crippen LogP contribution in [0.1, 0.15) is 406 Å². The van der Waals surface area contributed by atoms with Gasteiger partial charge in [0.15, 0.2) is 0 Å². The van der Waals surface area contributed by atoms with E-state index in [-0.39, 0.29) is 18.5 Å². The van der Waals surface area contributed by atoms with Gasteiger partial charge in [-0.3, -0.25) is 9.59 Å². The molecule has 6 nitrogen and oxygen atoms in total. The fourth-order valence-corrected chi connectivity index (χ4v) is 11.5. The summed E-state index contributed by atoms with van der Waals surface area (Å²) in [6, 6.07) is -0.541. The maximum Gasteiger partial charge on any atom is 0.305 e. The van der Waals surface area contributed by atoms with Gasteiger partial charge in [-0.25, -0.2) is 0 Å². The van der Waals surface area contributed by atoms with E-state index < -0.39 is 12.1 Å². The Bertz CT molecular complexity index is 1230. The second-order valence-corrected chi connectivity index (χ2v) is 24.9. The lowest BCUT2D eigenvalue weighted by molar-refractivity contribution is -0.143. The van der Waals surface area contributed by atoms with Crippen molar-refractivity contribution >= 4 is 11.9 Å². The van der Waals surface area contributed by atoms with Crippen molar-refractivity contribution < 1.29 is 24.5 Å². The second-order valence-electron chi connectivity index (χ2n) is 24.9. The van der Waals surface area contributed by atoms with Crippen LogP contribution in [-0.2, 0) is 14.3 Å². The summed E-state index contributed by atoms with van der Waals surface area (Å²) in [7, 11) is 0. The molecule has 0 rings (SSSR count). The molecule has 0 spiro atoms. The molecule has 0 heterocycles. The Morgan fingerprint density at radius 3 is 0.987 bits per heavy atom. The van der Waals surface area contributed by atoms with Crippen molar-refractivity contribution in [2.24, 2.45) is 0 Å². The van der Waals surface area contributed by atoms with Crippen LogP contribution in [0.3, 0.4) is 0 Å². The first-order chi connectivity index (χ1) is 39.0. The number of hydrogen-bond acceptors (Lipinski definition) is 5. The normalized spacial score (nSPS) is 12.6. The molecule has 2 unspecified atom stereocenters. The third-order valence-corrected chi connectivity index (χ3v) is 17.0. The van der Waals surface area contributed by atoms with Crippen LogP contribution in [0.5, 0.6) is 0 Å². The zero-order valence-corrected chi connectivity index (χ0v) is 53.6. The lowest BCUT2D eigenvalue weighted by Gasteiger charge is -2.22. The van der Waals surface area contributed by atoms with Gasteiger partial charge in [0.25, 0.3) is 0 Å². The number of carbonyl (C=O) groups excluding carboxylic acids is 2. The number of allylic oxidation sites excluding steroid dienone is 4. The highest BCUT2D eigenvalue weighted by Crippen LogP contribution is 2.19. The Kier molecular flexibility index (Phi) is 67.4. The number of hydrogen-bond donors (Lipinski definition) is 3. The number of esters is 1. The smallest absolute Gasteiger partial charge is 0.305 e. The summed E-state index contributed by atoms with van der Waals surface area (Å²) < 4.78 is 5.50. The summed E-state index contributed by atoms with van der Waals surface area (Å²) in [5.74, 6) is -0.0193. The van der Waals surface area contributed by atoms with E-state index in [0.717, 1.165) is 51.4 Å². The van der Waals surface area contributed by atoms with Crippen LogP contribution in [0.15, 0.2) is 24.3 Å². The molecule has 3 N–H and O–H groups in total. The molecular weight excluding hydrogens is 971 g/mol. The zero-order valence-electron chi connectivity index (χ0n) is 53.6. The van der Waals surface area contributed by atoms with Gasteiger partial charge in [-0.15, -0.1) is 0 Å². The van der Waals surface area contributed by atoms with Crippen molar-refractivity contribution in [1.82, 2.24) is 5.32 Å². The third kappa shape index (κ3) is 65.4. The topological polar surface area (TPSA) is 95.9 Å². The van der Waals surface area contributed by atoms with E-state index in [9.17, 15) is 19.8 Å². The van der Waals surface area contributed by atoms with Crippen LogP contribution in [0.4, 0.5) is 0 Å². The molecule has 0 aromatic rings. The van der Waals surface area contributed by atoms with Crippen molar-refractivity contribution in [1.29, 1.82) is 0 Å². The van der Waals surface area contributed by atoms with Crippen LogP contribution in [-0.4, -0.2) is 47.4 Å². The number of aliphatic hydroxyl groups excluding tert-OH is 2. The molecule has 0 aliphatic heterocycles. The molecule has 6 heteroatoms. The molecule has 0 aromatic heterocycles. The lowest BCUT2D eigenvalue weighted by Crippen LogP contribution is -2.45. The Hall–Kier alpha value is -1.66. The number of rotatable bonds is 68. The maximum atomic E-state index is 12.5. The van der Waals surface area contributed by atoms with Gasteiger partial charge in [-0.05, 0) is 57.8 Å². The largest absolute Gasteiger partial charge is 0.466 e. The van der Waals surface area contributed by atoms with Crippen LogP contribution >= 0.6 is 0 Å². The zero-order chi connectivity index (χ0) is 57.1. The van der Waals surface area contributed by atoms with Crippen LogP contribution in [0.2, 0.25) is 0 Å². The minimum absolute atomic E-state index is 0.00958. The number of amides is 1. The summed E-state index contributed by atoms with van der Waals surface area (Å²) in [6.45, 7) is 4.97. The van der Waals surface area contributed by atoms with Gasteiger partial charge in [-0.2, -0.15) is 0 Å². The average Bonchev–Trinajstić information content (AvgIpc) is 3.45. The quantitative estimate of drug-likeness (QED) is 0.0320. The summed E-state index contributed by atoms with van der Waals surface area (Å²) in [5, 5.41) is 23.4. The van der Waals surface area contributed by atoms with Gasteiger partial charge in [0, 0.05) is 12.8 Å². The summed E-state index contributed by atoms with van der Waals surface area (Å²) in [4.78, 5) is 24.6. The molecule has 0 aliphatic carbocycles. The third-order valence-electron chi connectivity index (χ3n) is 17.0. The van der Waals surface area contributed by atoms with Gasteiger partial charge in [0.05, 0.1) is 25.4 Å². The predicted molar refractivity (Wildman–Crippen MR) is 347 cm³/mol. The lowest BCUT2D eigenvalue weighted by atomic mass is 10.0. The molecule has 0 bridgehead atoms. The molecule has 1 amide bonds. The molecule has 0 saturated heterocycles. The predicted octanol–water partition coefficient (Wildman–Crippen LogP) is 23.3. The number of unbranched alkanes of at least 4 members (excludes halogenated alkanes) is 53. The van der Waals surface area contributed by atoms with E-state index in [1.54, 1.807) is 0 Å². The Balaban J connectivity index is 3.36. The van der Waals surface area contributed by atoms with E-state index in [1.165, 1.54) is 321 Å². The first-order valence-corrected chi connectivity index (χ1v) is 36.1. The molecule has 0 aromatic carbocycles. The fourth-order valence-electron chi connectivity index (χ4n) is 11.5. The van der Waals surface area contributed by atoms with Crippen LogP contribution in [0, 0.1) is 0 Å². The highest BCUT2D eigenvalue weighted by Gasteiger charge is 2.20. The van der Waals surface area contributed by atoms with E-state index >= 15 is 0 Å². The molecular formula is C73H141NO5. The van der Waals surface area contributed by atoms with Crippen molar-refractivity contribution in [3.63, 3.8) is 0 Å². The molecule has 79 heavy (non-hydrogen) atoms. The SMILES string of the molecule is CCCCC/C=C\C/C=C\CCCCCCCCCC(=O)OCCCCCCCCCCCCCCCCCCCCCCCCCCCC(=O)NC(CO)C(O)CCCCCCCCCCCCCCCCCCCCCC. The molecule has 0 aliphatic rings. The fraction of sp³-hybridized carbons (Fsp3) is 0.918. The van der Waals surface area contributed by atoms with Crippen molar-refractivity contribution in [3.8, 4) is 0 Å². The molecule has 468 valence electrons. The van der Waals surface area contributed by atoms with E-state index in [2.05, 4.69) is 43.5 Å². The van der Waals surface area contributed by atoms with Gasteiger partial charge >= 0.3 is 5.97 Å². The van der Waals surface area contributed by atoms with Gasteiger partial charge in [0.2, 0.25) is 5.91 Å². The molecule has 0 radical (unpaired) electrons. The standard InChI is InChI=1S/C73H141NO5/c1-3-5-7-9-11-13-15-17-19-21-22-30-34-37-41-45-49-53-57-61-65-71(76)70(69-75)74-72(77)66-62-58-54-50-46-42-38-35-31-28-26-24-23-25-27-29-32-36-40-44-48-52-56-60-64-68-79-73(78)67-63-59-55-51-47-43-39-33-20-18-16-14-12-10-8-6-4-2/h12,14,18,20,70-71,75-76H,3-11,13,15-17,19,21-69H2,1-2H3,(H,74,77)/b14-12-,20-18-. The first-order valence-electron chi connectivity index (χ1n) is 36.1. The Labute approximate surface area is 494 Å². The molecule has 0 saturated carbocycles. The number of ether oxygens (including phenoxy) is 1. The highest BCUT2D eigenvalue weighted by molar-refractivity contribution is 5.76. The molecule has 2 atom stereocenters. The van der Waals surface area contributed by atoms with E-state index in [1.807, 2.05) is 0 Å². The van der Waals surface area contributed by atoms with Crippen molar-refractivity contribution in [3.05, 3.63) is 24.3 Å². The van der Waals surface area contributed by atoms with Crippen molar-refractivity contribution in [2.75, 3.05) is 13.2 Å². The van der Waals surface area contributed by atoms with E-state index in [0.29, 0.717) is 25.9 Å². The van der Waals surface area contributed by atoms with Gasteiger partial charge < -0.3 is 20.3 Å². The van der Waals surface area contributed by atoms with Gasteiger partial charge in [-0.1, -0.05) is 359 Å². The average molecular weight is 1110 g/mol. The highest BCUT2D eigenvalue weighted by atomic mass is 16.5. The van der Waals surface area contributed by atoms with Crippen molar-refractivity contribution in [2.45, 2.75) is 418 Å². The minimum Gasteiger partial charge on any atom is -0.466 e. The second kappa shape index (κ2) is 68.8. The Morgan fingerprint density at radius 2 is 0.633 bits per heavy atom. The minimum atomic E-state index is -0.664. The number of aliphatic hydroxyl groups is 2.